The summed E-state index contributed by atoms with van der Waals surface area (Å²) in [5.41, 5.74) is 1.19. The minimum atomic E-state index is -1.17. The molecule has 4 heteroatoms. The maximum atomic E-state index is 10.8. The molecule has 0 atom stereocenters. The monoisotopic (exact) mass is 215 g/mol. The van der Waals surface area contributed by atoms with Crippen LogP contribution in [0.2, 0.25) is 0 Å². The molecule has 0 radical (unpaired) electrons. The van der Waals surface area contributed by atoms with Crippen LogP contribution in [0.4, 0.5) is 0 Å². The lowest BCUT2D eigenvalue weighted by Gasteiger charge is -2.03. The van der Waals surface area contributed by atoms with E-state index in [1.54, 1.807) is 0 Å². The van der Waals surface area contributed by atoms with Gasteiger partial charge in [-0.3, -0.25) is 4.98 Å². The van der Waals surface area contributed by atoms with E-state index in [1.165, 1.54) is 6.07 Å². The van der Waals surface area contributed by atoms with Crippen LogP contribution in [0.25, 0.3) is 11.3 Å². The van der Waals surface area contributed by atoms with Crippen LogP contribution in [0, 0.1) is 0 Å². The van der Waals surface area contributed by atoms with E-state index in [9.17, 15) is 9.90 Å². The molecule has 4 nitrogen and oxygen atoms in total. The highest BCUT2D eigenvalue weighted by molar-refractivity contribution is 5.91. The number of pyridine rings is 1. The first-order chi connectivity index (χ1) is 7.68. The molecule has 0 aliphatic rings. The van der Waals surface area contributed by atoms with E-state index in [0.29, 0.717) is 5.69 Å². The molecule has 2 N–H and O–H groups in total. The Hall–Kier alpha value is -2.36. The van der Waals surface area contributed by atoms with Gasteiger partial charge in [-0.1, -0.05) is 30.3 Å². The highest BCUT2D eigenvalue weighted by atomic mass is 16.4. The fourth-order valence-electron chi connectivity index (χ4n) is 1.39. The second-order valence-electron chi connectivity index (χ2n) is 3.26. The Morgan fingerprint density at radius 3 is 2.50 bits per heavy atom. The van der Waals surface area contributed by atoms with Crippen LogP contribution < -0.4 is 0 Å². The van der Waals surface area contributed by atoms with Crippen LogP contribution in [0.15, 0.2) is 42.6 Å². The number of carboxylic acid groups (broad SMARTS) is 1. The van der Waals surface area contributed by atoms with Gasteiger partial charge in [0.25, 0.3) is 0 Å². The predicted molar refractivity (Wildman–Crippen MR) is 58.3 cm³/mol. The normalized spacial score (nSPS) is 10.0. The molecule has 0 saturated carbocycles. The van der Waals surface area contributed by atoms with Gasteiger partial charge in [0.05, 0.1) is 11.9 Å². The van der Waals surface area contributed by atoms with Crippen molar-refractivity contribution < 1.29 is 15.0 Å². The molecular formula is C12H9NO3. The molecular weight excluding hydrogens is 206 g/mol. The summed E-state index contributed by atoms with van der Waals surface area (Å²) in [6.07, 6.45) is 1.14. The summed E-state index contributed by atoms with van der Waals surface area (Å²) in [5, 5.41) is 18.2. The van der Waals surface area contributed by atoms with E-state index in [1.807, 2.05) is 30.3 Å². The number of carboxylic acids is 1. The van der Waals surface area contributed by atoms with E-state index in [0.717, 1.165) is 11.8 Å². The summed E-state index contributed by atoms with van der Waals surface area (Å²) in [6.45, 7) is 0. The largest absolute Gasteiger partial charge is 0.505 e. The molecule has 1 aromatic carbocycles. The van der Waals surface area contributed by atoms with Crippen LogP contribution in [0.5, 0.6) is 5.75 Å². The average molecular weight is 215 g/mol. The summed E-state index contributed by atoms with van der Waals surface area (Å²) >= 11 is 0. The lowest BCUT2D eigenvalue weighted by atomic mass is 10.1. The zero-order chi connectivity index (χ0) is 11.5. The number of benzene rings is 1. The minimum absolute atomic E-state index is 0.145. The number of carbonyl (C=O) groups is 1. The van der Waals surface area contributed by atoms with Gasteiger partial charge in [0.15, 0.2) is 0 Å². The molecule has 0 aliphatic carbocycles. The highest BCUT2D eigenvalue weighted by Gasteiger charge is 2.11. The third kappa shape index (κ3) is 1.86. The SMILES string of the molecule is O=C(O)c1cc(-c2ccccc2)ncc1O. The fourth-order valence-corrected chi connectivity index (χ4v) is 1.39. The van der Waals surface area contributed by atoms with Gasteiger partial charge in [-0.05, 0) is 6.07 Å². The molecule has 16 heavy (non-hydrogen) atoms. The third-order valence-corrected chi connectivity index (χ3v) is 2.18. The summed E-state index contributed by atoms with van der Waals surface area (Å²) in [7, 11) is 0. The van der Waals surface area contributed by atoms with E-state index in [-0.39, 0.29) is 11.3 Å². The van der Waals surface area contributed by atoms with Gasteiger partial charge in [-0.15, -0.1) is 0 Å². The van der Waals surface area contributed by atoms with Gasteiger partial charge in [0.2, 0.25) is 0 Å². The summed E-state index contributed by atoms with van der Waals surface area (Å²) in [6, 6.07) is 10.5. The van der Waals surface area contributed by atoms with E-state index < -0.39 is 5.97 Å². The van der Waals surface area contributed by atoms with Crippen LogP contribution in [0.3, 0.4) is 0 Å². The van der Waals surface area contributed by atoms with E-state index in [4.69, 9.17) is 5.11 Å². The zero-order valence-electron chi connectivity index (χ0n) is 8.29. The first kappa shape index (κ1) is 10.2. The van der Waals surface area contributed by atoms with Crippen LogP contribution in [0.1, 0.15) is 10.4 Å². The quantitative estimate of drug-likeness (QED) is 0.805. The van der Waals surface area contributed by atoms with Crippen molar-refractivity contribution in [2.24, 2.45) is 0 Å². The van der Waals surface area contributed by atoms with Crippen LogP contribution in [-0.2, 0) is 0 Å². The topological polar surface area (TPSA) is 70.4 Å². The Morgan fingerprint density at radius 2 is 1.88 bits per heavy atom. The Balaban J connectivity index is 2.52. The molecule has 0 fully saturated rings. The summed E-state index contributed by atoms with van der Waals surface area (Å²) < 4.78 is 0. The zero-order valence-corrected chi connectivity index (χ0v) is 8.29. The molecule has 0 amide bonds. The number of rotatable bonds is 2. The smallest absolute Gasteiger partial charge is 0.339 e. The number of aromatic hydroxyl groups is 1. The Kier molecular flexibility index (Phi) is 2.55. The minimum Gasteiger partial charge on any atom is -0.505 e. The first-order valence-electron chi connectivity index (χ1n) is 4.66. The van der Waals surface area contributed by atoms with Crippen molar-refractivity contribution in [3.8, 4) is 17.0 Å². The Bertz CT molecular complexity index is 523. The lowest BCUT2D eigenvalue weighted by Crippen LogP contribution is -1.98. The van der Waals surface area contributed by atoms with E-state index >= 15 is 0 Å². The van der Waals surface area contributed by atoms with Gasteiger partial charge < -0.3 is 10.2 Å². The maximum absolute atomic E-state index is 10.8. The van der Waals surface area contributed by atoms with Gasteiger partial charge in [0, 0.05) is 5.56 Å². The number of aromatic nitrogens is 1. The van der Waals surface area contributed by atoms with Gasteiger partial charge >= 0.3 is 5.97 Å². The Labute approximate surface area is 91.8 Å². The Morgan fingerprint density at radius 1 is 1.19 bits per heavy atom. The molecule has 80 valence electrons. The van der Waals surface area contributed by atoms with Crippen molar-refractivity contribution >= 4 is 5.97 Å². The molecule has 2 aromatic rings. The molecule has 0 aliphatic heterocycles. The number of nitrogens with zero attached hydrogens (tertiary/aromatic N) is 1. The summed E-state index contributed by atoms with van der Waals surface area (Å²) in [5.74, 6) is -1.50. The standard InChI is InChI=1S/C12H9NO3/c14-11-7-13-10(6-9(11)12(15)16)8-4-2-1-3-5-8/h1-7,14H,(H,15,16). The highest BCUT2D eigenvalue weighted by Crippen LogP contribution is 2.22. The van der Waals surface area contributed by atoms with Crippen molar-refractivity contribution in [1.29, 1.82) is 0 Å². The molecule has 1 heterocycles. The van der Waals surface area contributed by atoms with Crippen molar-refractivity contribution in [2.45, 2.75) is 0 Å². The lowest BCUT2D eigenvalue weighted by molar-refractivity contribution is 0.0693. The molecule has 0 saturated heterocycles. The number of aromatic carboxylic acids is 1. The van der Waals surface area contributed by atoms with Crippen LogP contribution in [-0.4, -0.2) is 21.2 Å². The third-order valence-electron chi connectivity index (χ3n) is 2.18. The number of hydrogen-bond acceptors (Lipinski definition) is 3. The van der Waals surface area contributed by atoms with Crippen molar-refractivity contribution in [2.75, 3.05) is 0 Å². The molecule has 0 unspecified atom stereocenters. The van der Waals surface area contributed by atoms with Crippen molar-refractivity contribution in [3.05, 3.63) is 48.2 Å². The second kappa shape index (κ2) is 4.02. The molecule has 0 bridgehead atoms. The maximum Gasteiger partial charge on any atom is 0.339 e. The van der Waals surface area contributed by atoms with Gasteiger partial charge in [-0.2, -0.15) is 0 Å². The second-order valence-corrected chi connectivity index (χ2v) is 3.26. The number of hydrogen-bond donors (Lipinski definition) is 2. The summed E-state index contributed by atoms with van der Waals surface area (Å²) in [4.78, 5) is 14.8. The molecule has 0 spiro atoms. The van der Waals surface area contributed by atoms with Gasteiger partial charge in [0.1, 0.15) is 11.3 Å². The fraction of sp³-hybridized carbons (Fsp3) is 0. The van der Waals surface area contributed by atoms with Gasteiger partial charge in [-0.25, -0.2) is 4.79 Å². The molecule has 1 aromatic heterocycles. The molecule has 2 rings (SSSR count). The first-order valence-corrected chi connectivity index (χ1v) is 4.66. The predicted octanol–water partition coefficient (Wildman–Crippen LogP) is 2.15. The van der Waals surface area contributed by atoms with Crippen molar-refractivity contribution in [1.82, 2.24) is 4.98 Å². The van der Waals surface area contributed by atoms with Crippen molar-refractivity contribution in [3.63, 3.8) is 0 Å². The average Bonchev–Trinajstić information content (AvgIpc) is 2.30. The van der Waals surface area contributed by atoms with Crippen LogP contribution >= 0.6 is 0 Å². The van der Waals surface area contributed by atoms with E-state index in [2.05, 4.69) is 4.98 Å².